The van der Waals surface area contributed by atoms with Crippen molar-refractivity contribution in [1.29, 1.82) is 0 Å². The van der Waals surface area contributed by atoms with Crippen LogP contribution in [-0.4, -0.2) is 39.1 Å². The minimum absolute atomic E-state index is 0.0606. The molecule has 2 aromatic carbocycles. The maximum atomic E-state index is 12.4. The molecule has 0 aromatic heterocycles. The van der Waals surface area contributed by atoms with Crippen molar-refractivity contribution in [2.45, 2.75) is 6.42 Å². The van der Waals surface area contributed by atoms with Gasteiger partial charge < -0.3 is 10.1 Å². The number of carbonyl (C=O) groups is 3. The van der Waals surface area contributed by atoms with Crippen LogP contribution >= 0.6 is 0 Å². The Bertz CT molecular complexity index is 1010. The summed E-state index contributed by atoms with van der Waals surface area (Å²) in [5.41, 5.74) is 0.918. The van der Waals surface area contributed by atoms with E-state index in [2.05, 4.69) is 10.1 Å². The number of amides is 2. The molecule has 0 saturated carbocycles. The Morgan fingerprint density at radius 1 is 1.07 bits per heavy atom. The van der Waals surface area contributed by atoms with Crippen molar-refractivity contribution in [2.75, 3.05) is 22.5 Å². The first kappa shape index (κ1) is 18.6. The van der Waals surface area contributed by atoms with E-state index in [1.54, 1.807) is 18.2 Å². The minimum Gasteiger partial charge on any atom is -0.465 e. The fourth-order valence-electron chi connectivity index (χ4n) is 2.69. The number of nitrogens with one attached hydrogen (secondary N) is 1. The summed E-state index contributed by atoms with van der Waals surface area (Å²) in [7, 11) is -2.41. The molecule has 2 amide bonds. The van der Waals surface area contributed by atoms with Crippen LogP contribution in [0, 0.1) is 0 Å². The summed E-state index contributed by atoms with van der Waals surface area (Å²) in [6.45, 7) is 0. The summed E-state index contributed by atoms with van der Waals surface area (Å²) in [4.78, 5) is 36.0. The van der Waals surface area contributed by atoms with E-state index in [-0.39, 0.29) is 34.7 Å². The summed E-state index contributed by atoms with van der Waals surface area (Å²) < 4.78 is 29.3. The van der Waals surface area contributed by atoms with Gasteiger partial charge in [0.25, 0.3) is 5.91 Å². The number of esters is 1. The Hall–Kier alpha value is -3.20. The molecule has 0 atom stereocenters. The van der Waals surface area contributed by atoms with Gasteiger partial charge in [-0.2, -0.15) is 0 Å². The van der Waals surface area contributed by atoms with Gasteiger partial charge in [-0.1, -0.05) is 12.1 Å². The van der Waals surface area contributed by atoms with Gasteiger partial charge in [0.1, 0.15) is 0 Å². The lowest BCUT2D eigenvalue weighted by Crippen LogP contribution is -2.29. The van der Waals surface area contributed by atoms with Crippen LogP contribution in [0.1, 0.15) is 27.1 Å². The SMILES string of the molecule is COC(=O)c1ccccc1NC(=O)c1ccc(N2C(=O)CCS2(=O)=O)cc1. The number of anilines is 2. The monoisotopic (exact) mass is 388 g/mol. The molecule has 1 heterocycles. The van der Waals surface area contributed by atoms with Crippen molar-refractivity contribution in [1.82, 2.24) is 0 Å². The summed E-state index contributed by atoms with van der Waals surface area (Å²) in [5.74, 6) is -1.80. The molecule has 0 spiro atoms. The number of rotatable bonds is 4. The fraction of sp³-hybridized carbons (Fsp3) is 0.167. The summed E-state index contributed by atoms with van der Waals surface area (Å²) in [6, 6.07) is 12.0. The highest BCUT2D eigenvalue weighted by Crippen LogP contribution is 2.25. The number of methoxy groups -OCH3 is 1. The highest BCUT2D eigenvalue weighted by molar-refractivity contribution is 7.94. The zero-order valence-corrected chi connectivity index (χ0v) is 15.2. The van der Waals surface area contributed by atoms with E-state index in [1.807, 2.05) is 0 Å². The number of benzene rings is 2. The lowest BCUT2D eigenvalue weighted by atomic mass is 10.1. The summed E-state index contributed by atoms with van der Waals surface area (Å²) >= 11 is 0. The molecule has 27 heavy (non-hydrogen) atoms. The molecular weight excluding hydrogens is 372 g/mol. The van der Waals surface area contributed by atoms with Gasteiger partial charge in [-0.15, -0.1) is 0 Å². The van der Waals surface area contributed by atoms with Crippen LogP contribution in [0.25, 0.3) is 0 Å². The second kappa shape index (κ2) is 7.20. The second-order valence-electron chi connectivity index (χ2n) is 5.76. The Labute approximate surface area is 155 Å². The second-order valence-corrected chi connectivity index (χ2v) is 7.70. The van der Waals surface area contributed by atoms with Gasteiger partial charge in [0.2, 0.25) is 15.9 Å². The van der Waals surface area contributed by atoms with Crippen LogP contribution in [0.5, 0.6) is 0 Å². The number of sulfonamides is 1. The van der Waals surface area contributed by atoms with Gasteiger partial charge in [-0.25, -0.2) is 17.5 Å². The molecule has 2 aromatic rings. The molecule has 1 aliphatic rings. The topological polar surface area (TPSA) is 110 Å². The van der Waals surface area contributed by atoms with Crippen LogP contribution in [0.3, 0.4) is 0 Å². The van der Waals surface area contributed by atoms with Crippen molar-refractivity contribution < 1.29 is 27.5 Å². The largest absolute Gasteiger partial charge is 0.465 e. The maximum absolute atomic E-state index is 12.4. The van der Waals surface area contributed by atoms with Crippen LogP contribution < -0.4 is 9.62 Å². The van der Waals surface area contributed by atoms with Gasteiger partial charge in [0, 0.05) is 12.0 Å². The zero-order chi connectivity index (χ0) is 19.6. The number of nitrogens with zero attached hydrogens (tertiary/aromatic N) is 1. The third-order valence-corrected chi connectivity index (χ3v) is 5.71. The lowest BCUT2D eigenvalue weighted by Gasteiger charge is -2.15. The lowest BCUT2D eigenvalue weighted by molar-refractivity contribution is -0.116. The number of hydrogen-bond donors (Lipinski definition) is 1. The first-order valence-corrected chi connectivity index (χ1v) is 9.59. The molecule has 140 valence electrons. The average molecular weight is 388 g/mol. The minimum atomic E-state index is -3.66. The van der Waals surface area contributed by atoms with Crippen molar-refractivity contribution in [3.63, 3.8) is 0 Å². The van der Waals surface area contributed by atoms with Gasteiger partial charge in [-0.05, 0) is 36.4 Å². The van der Waals surface area contributed by atoms with Crippen LogP contribution in [0.15, 0.2) is 48.5 Å². The molecule has 1 saturated heterocycles. The van der Waals surface area contributed by atoms with Gasteiger partial charge in [-0.3, -0.25) is 9.59 Å². The average Bonchev–Trinajstić information content (AvgIpc) is 2.94. The Morgan fingerprint density at radius 3 is 2.33 bits per heavy atom. The maximum Gasteiger partial charge on any atom is 0.339 e. The third-order valence-electron chi connectivity index (χ3n) is 4.02. The summed E-state index contributed by atoms with van der Waals surface area (Å²) in [5, 5.41) is 2.62. The number of para-hydroxylation sites is 1. The fourth-order valence-corrected chi connectivity index (χ4v) is 4.15. The van der Waals surface area contributed by atoms with E-state index in [1.165, 1.54) is 37.4 Å². The van der Waals surface area contributed by atoms with Gasteiger partial charge in [0.15, 0.2) is 0 Å². The van der Waals surface area contributed by atoms with E-state index in [9.17, 15) is 22.8 Å². The predicted molar refractivity (Wildman–Crippen MR) is 98.1 cm³/mol. The number of ether oxygens (including phenoxy) is 1. The quantitative estimate of drug-likeness (QED) is 0.800. The third kappa shape index (κ3) is 3.68. The van der Waals surface area contributed by atoms with E-state index < -0.39 is 27.8 Å². The standard InChI is InChI=1S/C18H16N2O6S/c1-26-18(23)14-4-2-3-5-15(14)19-17(22)12-6-8-13(9-7-12)20-16(21)10-11-27(20,24)25/h2-9H,10-11H2,1H3,(H,19,22). The van der Waals surface area contributed by atoms with Crippen molar-refractivity contribution >= 4 is 39.2 Å². The van der Waals surface area contributed by atoms with Gasteiger partial charge in [0.05, 0.1) is 29.8 Å². The van der Waals surface area contributed by atoms with Crippen molar-refractivity contribution in [3.05, 3.63) is 59.7 Å². The molecule has 0 bridgehead atoms. The first-order valence-electron chi connectivity index (χ1n) is 7.98. The zero-order valence-electron chi connectivity index (χ0n) is 14.3. The highest BCUT2D eigenvalue weighted by Gasteiger charge is 2.36. The van der Waals surface area contributed by atoms with E-state index in [0.717, 1.165) is 4.31 Å². The Kier molecular flexibility index (Phi) is 4.95. The molecule has 8 nitrogen and oxygen atoms in total. The van der Waals surface area contributed by atoms with E-state index in [4.69, 9.17) is 0 Å². The van der Waals surface area contributed by atoms with Crippen LogP contribution in [0.4, 0.5) is 11.4 Å². The molecule has 0 unspecified atom stereocenters. The molecule has 0 aliphatic carbocycles. The molecule has 3 rings (SSSR count). The van der Waals surface area contributed by atoms with Crippen LogP contribution in [-0.2, 0) is 19.6 Å². The summed E-state index contributed by atoms with van der Waals surface area (Å²) in [6.07, 6.45) is -0.0606. The van der Waals surface area contributed by atoms with E-state index >= 15 is 0 Å². The molecular formula is C18H16N2O6S. The molecule has 1 fully saturated rings. The Morgan fingerprint density at radius 2 is 1.74 bits per heavy atom. The van der Waals surface area contributed by atoms with Gasteiger partial charge >= 0.3 is 5.97 Å². The Balaban J connectivity index is 1.82. The number of hydrogen-bond acceptors (Lipinski definition) is 6. The molecule has 0 radical (unpaired) electrons. The molecule has 1 aliphatic heterocycles. The van der Waals surface area contributed by atoms with E-state index in [0.29, 0.717) is 0 Å². The van der Waals surface area contributed by atoms with Crippen molar-refractivity contribution in [2.24, 2.45) is 0 Å². The molecule has 1 N–H and O–H groups in total. The highest BCUT2D eigenvalue weighted by atomic mass is 32.2. The smallest absolute Gasteiger partial charge is 0.339 e. The first-order chi connectivity index (χ1) is 12.8. The predicted octanol–water partition coefficient (Wildman–Crippen LogP) is 1.79. The van der Waals surface area contributed by atoms with Crippen LogP contribution in [0.2, 0.25) is 0 Å². The normalized spacial score (nSPS) is 15.4. The van der Waals surface area contributed by atoms with Crippen molar-refractivity contribution in [3.8, 4) is 0 Å². The number of carbonyl (C=O) groups excluding carboxylic acids is 3. The molecule has 9 heteroatoms.